The molecule has 2 aromatic rings. The third kappa shape index (κ3) is 7.06. The highest BCUT2D eigenvalue weighted by Crippen LogP contribution is 2.26. The second-order valence-corrected chi connectivity index (χ2v) is 7.38. The fourth-order valence-electron chi connectivity index (χ4n) is 3.18. The Morgan fingerprint density at radius 1 is 0.750 bits per heavy atom. The molecule has 0 saturated heterocycles. The molecule has 0 amide bonds. The van der Waals surface area contributed by atoms with Gasteiger partial charge in [-0.25, -0.2) is 19.9 Å². The Bertz CT molecular complexity index is 670. The molecule has 0 saturated carbocycles. The molecule has 0 spiro atoms. The summed E-state index contributed by atoms with van der Waals surface area (Å²) in [6, 6.07) is 0. The Balaban J connectivity index is 2.15. The number of hydrogen-bond donors (Lipinski definition) is 2. The fourth-order valence-corrected chi connectivity index (χ4v) is 3.18. The van der Waals surface area contributed by atoms with Crippen molar-refractivity contribution < 1.29 is 0 Å². The molecule has 2 aromatic heterocycles. The zero-order chi connectivity index (χ0) is 20.2. The summed E-state index contributed by atoms with van der Waals surface area (Å²) in [4.78, 5) is 18.1. The van der Waals surface area contributed by atoms with E-state index < -0.39 is 0 Å². The van der Waals surface area contributed by atoms with Crippen molar-refractivity contribution in [2.45, 2.75) is 91.4 Å². The lowest BCUT2D eigenvalue weighted by Gasteiger charge is -2.16. The number of hydrogen-bond acceptors (Lipinski definition) is 6. The molecular weight excluding hydrogens is 348 g/mol. The van der Waals surface area contributed by atoms with Crippen LogP contribution < -0.4 is 11.1 Å². The van der Waals surface area contributed by atoms with Crippen LogP contribution in [-0.4, -0.2) is 19.9 Å². The van der Waals surface area contributed by atoms with Crippen LogP contribution in [-0.2, 0) is 19.3 Å². The van der Waals surface area contributed by atoms with E-state index in [0.717, 1.165) is 80.0 Å². The molecule has 6 nitrogen and oxygen atoms in total. The van der Waals surface area contributed by atoms with E-state index in [1.54, 1.807) is 0 Å². The van der Waals surface area contributed by atoms with Crippen molar-refractivity contribution in [2.75, 3.05) is 11.1 Å². The second kappa shape index (κ2) is 12.3. The van der Waals surface area contributed by atoms with E-state index >= 15 is 0 Å². The maximum absolute atomic E-state index is 5.98. The first-order chi connectivity index (χ1) is 13.7. The smallest absolute Gasteiger partial charge is 0.220 e. The van der Waals surface area contributed by atoms with Gasteiger partial charge in [0, 0.05) is 6.42 Å². The van der Waals surface area contributed by atoms with E-state index in [-0.39, 0.29) is 0 Å². The summed E-state index contributed by atoms with van der Waals surface area (Å²) in [5.74, 6) is 1.27. The van der Waals surface area contributed by atoms with E-state index in [2.05, 4.69) is 46.0 Å². The Morgan fingerprint density at radius 3 is 1.86 bits per heavy atom. The maximum Gasteiger partial charge on any atom is 0.220 e. The molecule has 2 rings (SSSR count). The van der Waals surface area contributed by atoms with Gasteiger partial charge in [-0.05, 0) is 32.1 Å². The van der Waals surface area contributed by atoms with Crippen LogP contribution >= 0.6 is 0 Å². The van der Waals surface area contributed by atoms with Crippen molar-refractivity contribution in [1.29, 1.82) is 0 Å². The Kier molecular flexibility index (Phi) is 9.66. The summed E-state index contributed by atoms with van der Waals surface area (Å²) in [5, 5.41) is 3.48. The van der Waals surface area contributed by atoms with Crippen LogP contribution in [0.15, 0.2) is 12.4 Å². The molecule has 6 heteroatoms. The maximum atomic E-state index is 5.98. The molecule has 0 unspecified atom stereocenters. The summed E-state index contributed by atoms with van der Waals surface area (Å²) in [7, 11) is 0. The van der Waals surface area contributed by atoms with Crippen LogP contribution in [0.1, 0.15) is 89.4 Å². The van der Waals surface area contributed by atoms with Gasteiger partial charge in [0.05, 0.1) is 35.2 Å². The summed E-state index contributed by atoms with van der Waals surface area (Å²) >= 11 is 0. The number of aromatic nitrogens is 4. The number of anilines is 3. The van der Waals surface area contributed by atoms with Crippen molar-refractivity contribution in [1.82, 2.24) is 19.9 Å². The highest BCUT2D eigenvalue weighted by molar-refractivity contribution is 5.64. The Hall–Kier alpha value is -2.24. The molecule has 2 heterocycles. The molecule has 0 fully saturated rings. The predicted octanol–water partition coefficient (Wildman–Crippen LogP) is 5.40. The van der Waals surface area contributed by atoms with Gasteiger partial charge < -0.3 is 11.1 Å². The minimum atomic E-state index is 0.362. The highest BCUT2D eigenvalue weighted by atomic mass is 15.1. The second-order valence-electron chi connectivity index (χ2n) is 7.38. The highest BCUT2D eigenvalue weighted by Gasteiger charge is 2.14. The molecule has 28 heavy (non-hydrogen) atoms. The van der Waals surface area contributed by atoms with Crippen molar-refractivity contribution in [3.05, 3.63) is 29.6 Å². The summed E-state index contributed by atoms with van der Waals surface area (Å²) in [6.07, 6.45) is 15.7. The molecule has 0 radical (unpaired) electrons. The van der Waals surface area contributed by atoms with Gasteiger partial charge in [0.1, 0.15) is 5.82 Å². The Morgan fingerprint density at radius 2 is 1.32 bits per heavy atom. The molecule has 0 aromatic carbocycles. The molecule has 0 bridgehead atoms. The van der Waals surface area contributed by atoms with Crippen LogP contribution in [0.4, 0.5) is 17.3 Å². The lowest BCUT2D eigenvalue weighted by molar-refractivity contribution is 0.652. The largest absolute Gasteiger partial charge is 0.368 e. The Labute approximate surface area is 169 Å². The van der Waals surface area contributed by atoms with Gasteiger partial charge in [-0.1, -0.05) is 52.9 Å². The number of unbranched alkanes of at least 4 members (excludes halogenated alkanes) is 5. The number of nitrogen functional groups attached to an aromatic ring is 1. The van der Waals surface area contributed by atoms with Gasteiger partial charge in [0.25, 0.3) is 0 Å². The van der Waals surface area contributed by atoms with Crippen LogP contribution in [0.25, 0.3) is 0 Å². The number of rotatable bonds is 13. The number of nitrogens with zero attached hydrogens (tertiary/aromatic N) is 4. The SMILES string of the molecule is CCCCCCc1ncc(Nc2c(CCCC)nc(N)nc2CCCC)cn1. The summed E-state index contributed by atoms with van der Waals surface area (Å²) in [5.41, 5.74) is 9.82. The molecule has 3 N–H and O–H groups in total. The van der Waals surface area contributed by atoms with Crippen molar-refractivity contribution in [3.63, 3.8) is 0 Å². The average Bonchev–Trinajstić information content (AvgIpc) is 2.71. The van der Waals surface area contributed by atoms with E-state index in [1.807, 2.05) is 12.4 Å². The third-order valence-corrected chi connectivity index (χ3v) is 4.84. The zero-order valence-corrected chi connectivity index (χ0v) is 17.8. The molecule has 0 aliphatic carbocycles. The van der Waals surface area contributed by atoms with Crippen molar-refractivity contribution >= 4 is 17.3 Å². The van der Waals surface area contributed by atoms with Gasteiger partial charge in [-0.3, -0.25) is 0 Å². The normalized spacial score (nSPS) is 11.0. The third-order valence-electron chi connectivity index (χ3n) is 4.84. The predicted molar refractivity (Wildman–Crippen MR) is 117 cm³/mol. The van der Waals surface area contributed by atoms with E-state index in [9.17, 15) is 0 Å². The van der Waals surface area contributed by atoms with Gasteiger partial charge in [-0.2, -0.15) is 0 Å². The molecule has 154 valence electrons. The van der Waals surface area contributed by atoms with E-state index in [1.165, 1.54) is 19.3 Å². The van der Waals surface area contributed by atoms with Gasteiger partial charge in [-0.15, -0.1) is 0 Å². The van der Waals surface area contributed by atoms with E-state index in [0.29, 0.717) is 5.95 Å². The minimum absolute atomic E-state index is 0.362. The van der Waals surface area contributed by atoms with Crippen LogP contribution in [0.2, 0.25) is 0 Å². The van der Waals surface area contributed by atoms with Crippen LogP contribution in [0.3, 0.4) is 0 Å². The monoisotopic (exact) mass is 384 g/mol. The number of aryl methyl sites for hydroxylation is 3. The number of nitrogens with one attached hydrogen (secondary N) is 1. The summed E-state index contributed by atoms with van der Waals surface area (Å²) < 4.78 is 0. The lowest BCUT2D eigenvalue weighted by Crippen LogP contribution is -2.10. The van der Waals surface area contributed by atoms with Crippen molar-refractivity contribution in [2.24, 2.45) is 0 Å². The quantitative estimate of drug-likeness (QED) is 0.449. The van der Waals surface area contributed by atoms with Gasteiger partial charge in [0.2, 0.25) is 5.95 Å². The first-order valence-electron chi connectivity index (χ1n) is 10.9. The zero-order valence-electron chi connectivity index (χ0n) is 17.8. The van der Waals surface area contributed by atoms with Crippen LogP contribution in [0.5, 0.6) is 0 Å². The molecule has 0 aliphatic heterocycles. The summed E-state index contributed by atoms with van der Waals surface area (Å²) in [6.45, 7) is 6.59. The van der Waals surface area contributed by atoms with Gasteiger partial charge >= 0.3 is 0 Å². The topological polar surface area (TPSA) is 89.6 Å². The fraction of sp³-hybridized carbons (Fsp3) is 0.636. The standard InChI is InChI=1S/C22H36N6/c1-4-7-10-11-14-20-24-15-17(16-25-20)26-21-18(12-8-5-2)27-22(23)28-19(21)13-9-6-3/h15-16,26H,4-14H2,1-3H3,(H2,23,27,28). The van der Waals surface area contributed by atoms with Gasteiger partial charge in [0.15, 0.2) is 0 Å². The first-order valence-corrected chi connectivity index (χ1v) is 10.9. The first kappa shape index (κ1) is 22.1. The van der Waals surface area contributed by atoms with Crippen molar-refractivity contribution in [3.8, 4) is 0 Å². The average molecular weight is 385 g/mol. The molecular formula is C22H36N6. The molecule has 0 aliphatic rings. The lowest BCUT2D eigenvalue weighted by atomic mass is 10.1. The number of nitrogens with two attached hydrogens (primary N) is 1. The van der Waals surface area contributed by atoms with Crippen LogP contribution in [0, 0.1) is 0 Å². The molecule has 0 atom stereocenters. The van der Waals surface area contributed by atoms with E-state index in [4.69, 9.17) is 5.73 Å². The minimum Gasteiger partial charge on any atom is -0.368 e.